The smallest absolute Gasteiger partial charge is 0.270 e. The van der Waals surface area contributed by atoms with Gasteiger partial charge < -0.3 is 15.6 Å². The molecule has 0 unspecified atom stereocenters. The fourth-order valence-corrected chi connectivity index (χ4v) is 2.65. The number of H-pyrrole nitrogens is 1. The summed E-state index contributed by atoms with van der Waals surface area (Å²) >= 11 is 0. The SMILES string of the molecule is NCCCN(C(=O)c1cccc(=O)[nH]1)C1CCCC1. The van der Waals surface area contributed by atoms with E-state index in [1.165, 1.54) is 18.9 Å². The van der Waals surface area contributed by atoms with Gasteiger partial charge in [-0.15, -0.1) is 0 Å². The predicted octanol–water partition coefficient (Wildman–Crippen LogP) is 1.11. The molecule has 0 spiro atoms. The Morgan fingerprint density at radius 3 is 2.74 bits per heavy atom. The second kappa shape index (κ2) is 6.52. The number of aromatic nitrogens is 1. The van der Waals surface area contributed by atoms with Crippen LogP contribution in [-0.2, 0) is 0 Å². The maximum absolute atomic E-state index is 12.5. The molecule has 5 heteroatoms. The average molecular weight is 263 g/mol. The highest BCUT2D eigenvalue weighted by Crippen LogP contribution is 2.24. The first-order valence-corrected chi connectivity index (χ1v) is 6.93. The molecule has 0 radical (unpaired) electrons. The summed E-state index contributed by atoms with van der Waals surface area (Å²) in [7, 11) is 0. The van der Waals surface area contributed by atoms with Gasteiger partial charge in [0, 0.05) is 18.7 Å². The molecule has 0 aromatic carbocycles. The lowest BCUT2D eigenvalue weighted by molar-refractivity contribution is 0.0674. The zero-order valence-electron chi connectivity index (χ0n) is 11.1. The third-order valence-electron chi connectivity index (χ3n) is 3.63. The van der Waals surface area contributed by atoms with Gasteiger partial charge in [-0.25, -0.2) is 0 Å². The fraction of sp³-hybridized carbons (Fsp3) is 0.571. The number of pyridine rings is 1. The van der Waals surface area contributed by atoms with Gasteiger partial charge in [0.2, 0.25) is 5.56 Å². The highest BCUT2D eigenvalue weighted by Gasteiger charge is 2.27. The normalized spacial score (nSPS) is 15.6. The number of nitrogens with one attached hydrogen (secondary N) is 1. The van der Waals surface area contributed by atoms with Crippen LogP contribution in [0, 0.1) is 0 Å². The first-order valence-electron chi connectivity index (χ1n) is 6.93. The Morgan fingerprint density at radius 2 is 2.11 bits per heavy atom. The summed E-state index contributed by atoms with van der Waals surface area (Å²) in [6.45, 7) is 1.23. The standard InChI is InChI=1S/C14H21N3O2/c15-9-4-10-17(11-5-1-2-6-11)14(19)12-7-3-8-13(18)16-12/h3,7-8,11H,1-2,4-6,9-10,15H2,(H,16,18). The van der Waals surface area contributed by atoms with Crippen molar-refractivity contribution in [3.63, 3.8) is 0 Å². The minimum Gasteiger partial charge on any atom is -0.334 e. The van der Waals surface area contributed by atoms with E-state index in [0.717, 1.165) is 19.3 Å². The molecule has 5 nitrogen and oxygen atoms in total. The van der Waals surface area contributed by atoms with E-state index < -0.39 is 0 Å². The molecule has 19 heavy (non-hydrogen) atoms. The van der Waals surface area contributed by atoms with E-state index >= 15 is 0 Å². The van der Waals surface area contributed by atoms with Crippen LogP contribution in [0.4, 0.5) is 0 Å². The monoisotopic (exact) mass is 263 g/mol. The lowest BCUT2D eigenvalue weighted by Gasteiger charge is -2.28. The maximum atomic E-state index is 12.5. The number of aromatic amines is 1. The molecule has 1 aromatic rings. The highest BCUT2D eigenvalue weighted by atomic mass is 16.2. The van der Waals surface area contributed by atoms with Gasteiger partial charge in [0.1, 0.15) is 5.69 Å². The van der Waals surface area contributed by atoms with E-state index in [1.54, 1.807) is 12.1 Å². The lowest BCUT2D eigenvalue weighted by atomic mass is 10.1. The summed E-state index contributed by atoms with van der Waals surface area (Å²) < 4.78 is 0. The molecular formula is C14H21N3O2. The van der Waals surface area contributed by atoms with Gasteiger partial charge in [-0.05, 0) is 31.9 Å². The first-order chi connectivity index (χ1) is 9.22. The second-order valence-electron chi connectivity index (χ2n) is 5.01. The van der Waals surface area contributed by atoms with Crippen LogP contribution in [0.3, 0.4) is 0 Å². The van der Waals surface area contributed by atoms with Crippen molar-refractivity contribution in [2.24, 2.45) is 5.73 Å². The van der Waals surface area contributed by atoms with Crippen LogP contribution in [0.25, 0.3) is 0 Å². The van der Waals surface area contributed by atoms with Crippen molar-refractivity contribution in [1.29, 1.82) is 0 Å². The van der Waals surface area contributed by atoms with Crippen molar-refractivity contribution in [3.8, 4) is 0 Å². The molecule has 0 aliphatic heterocycles. The molecule has 2 rings (SSSR count). The van der Waals surface area contributed by atoms with E-state index in [0.29, 0.717) is 24.8 Å². The van der Waals surface area contributed by atoms with Gasteiger partial charge in [-0.2, -0.15) is 0 Å². The van der Waals surface area contributed by atoms with Gasteiger partial charge in [-0.3, -0.25) is 9.59 Å². The largest absolute Gasteiger partial charge is 0.334 e. The molecule has 1 fully saturated rings. The number of rotatable bonds is 5. The van der Waals surface area contributed by atoms with E-state index in [2.05, 4.69) is 4.98 Å². The average Bonchev–Trinajstić information content (AvgIpc) is 2.93. The van der Waals surface area contributed by atoms with Crippen LogP contribution in [0.1, 0.15) is 42.6 Å². The zero-order valence-corrected chi connectivity index (χ0v) is 11.1. The van der Waals surface area contributed by atoms with Gasteiger partial charge in [0.05, 0.1) is 0 Å². The van der Waals surface area contributed by atoms with Crippen molar-refractivity contribution in [1.82, 2.24) is 9.88 Å². The number of hydrogen-bond acceptors (Lipinski definition) is 3. The summed E-state index contributed by atoms with van der Waals surface area (Å²) in [5.74, 6) is -0.0851. The van der Waals surface area contributed by atoms with E-state index in [4.69, 9.17) is 5.73 Å². The fourth-order valence-electron chi connectivity index (χ4n) is 2.65. The highest BCUT2D eigenvalue weighted by molar-refractivity contribution is 5.92. The number of hydrogen-bond donors (Lipinski definition) is 2. The second-order valence-corrected chi connectivity index (χ2v) is 5.01. The van der Waals surface area contributed by atoms with E-state index in [1.807, 2.05) is 4.90 Å². The van der Waals surface area contributed by atoms with Crippen LogP contribution < -0.4 is 11.3 Å². The lowest BCUT2D eigenvalue weighted by Crippen LogP contribution is -2.41. The van der Waals surface area contributed by atoms with Gasteiger partial charge in [0.15, 0.2) is 0 Å². The Labute approximate surface area is 112 Å². The minimum atomic E-state index is -0.240. The molecular weight excluding hydrogens is 242 g/mol. The molecule has 0 bridgehead atoms. The molecule has 104 valence electrons. The first kappa shape index (κ1) is 13.8. The number of nitrogens with zero attached hydrogens (tertiary/aromatic N) is 1. The number of amides is 1. The van der Waals surface area contributed by atoms with Crippen molar-refractivity contribution in [3.05, 3.63) is 34.2 Å². The Morgan fingerprint density at radius 1 is 1.37 bits per heavy atom. The molecule has 1 heterocycles. The summed E-state index contributed by atoms with van der Waals surface area (Å²) in [5.41, 5.74) is 5.67. The van der Waals surface area contributed by atoms with Gasteiger partial charge in [0.25, 0.3) is 5.91 Å². The minimum absolute atomic E-state index is 0.0851. The summed E-state index contributed by atoms with van der Waals surface area (Å²) in [5, 5.41) is 0. The van der Waals surface area contributed by atoms with Crippen molar-refractivity contribution in [2.45, 2.75) is 38.1 Å². The maximum Gasteiger partial charge on any atom is 0.270 e. The van der Waals surface area contributed by atoms with Crippen LogP contribution in [0.15, 0.2) is 23.0 Å². The molecule has 0 atom stereocenters. The van der Waals surface area contributed by atoms with Gasteiger partial charge >= 0.3 is 0 Å². The van der Waals surface area contributed by atoms with Crippen LogP contribution in [0.5, 0.6) is 0 Å². The third-order valence-corrected chi connectivity index (χ3v) is 3.63. The van der Waals surface area contributed by atoms with Crippen molar-refractivity contribution < 1.29 is 4.79 Å². The Hall–Kier alpha value is -1.62. The van der Waals surface area contributed by atoms with Crippen LogP contribution >= 0.6 is 0 Å². The Bertz CT molecular complexity index is 478. The quantitative estimate of drug-likeness (QED) is 0.835. The number of carbonyl (C=O) groups excluding carboxylic acids is 1. The number of nitrogens with two attached hydrogens (primary N) is 1. The van der Waals surface area contributed by atoms with E-state index in [9.17, 15) is 9.59 Å². The van der Waals surface area contributed by atoms with Gasteiger partial charge in [-0.1, -0.05) is 18.9 Å². The summed E-state index contributed by atoms with van der Waals surface area (Å²) in [4.78, 5) is 28.3. The molecule has 1 aromatic heterocycles. The molecule has 3 N–H and O–H groups in total. The predicted molar refractivity (Wildman–Crippen MR) is 74.0 cm³/mol. The molecule has 1 saturated carbocycles. The summed E-state index contributed by atoms with van der Waals surface area (Å²) in [6.07, 6.45) is 5.23. The number of carbonyl (C=O) groups is 1. The van der Waals surface area contributed by atoms with Crippen molar-refractivity contribution in [2.75, 3.05) is 13.1 Å². The van der Waals surface area contributed by atoms with E-state index in [-0.39, 0.29) is 11.5 Å². The Balaban J connectivity index is 2.16. The molecule has 1 amide bonds. The Kier molecular flexibility index (Phi) is 4.74. The molecule has 1 aliphatic rings. The summed E-state index contributed by atoms with van der Waals surface area (Å²) in [6, 6.07) is 4.98. The topological polar surface area (TPSA) is 79.2 Å². The molecule has 1 aliphatic carbocycles. The van der Waals surface area contributed by atoms with Crippen LogP contribution in [-0.4, -0.2) is 34.9 Å². The van der Waals surface area contributed by atoms with Crippen LogP contribution in [0.2, 0.25) is 0 Å². The zero-order chi connectivity index (χ0) is 13.7. The molecule has 0 saturated heterocycles. The van der Waals surface area contributed by atoms with Crippen molar-refractivity contribution >= 4 is 5.91 Å². The third kappa shape index (κ3) is 3.44.